The van der Waals surface area contributed by atoms with Crippen molar-refractivity contribution in [3.05, 3.63) is 28.8 Å². The minimum atomic E-state index is -0.214. The van der Waals surface area contributed by atoms with E-state index in [0.717, 1.165) is 12.3 Å². The molecular weight excluding hydrogens is 250 g/mol. The Hall–Kier alpha value is -1.22. The molecule has 1 aliphatic rings. The van der Waals surface area contributed by atoms with Crippen LogP contribution >= 0.6 is 11.6 Å². The van der Waals surface area contributed by atoms with Gasteiger partial charge in [0.05, 0.1) is 10.6 Å². The van der Waals surface area contributed by atoms with E-state index in [4.69, 9.17) is 11.6 Å². The van der Waals surface area contributed by atoms with E-state index in [1.807, 2.05) is 0 Å². The Kier molecular flexibility index (Phi) is 4.48. The van der Waals surface area contributed by atoms with Crippen molar-refractivity contribution in [2.75, 3.05) is 6.54 Å². The highest BCUT2D eigenvalue weighted by Crippen LogP contribution is 2.27. The second kappa shape index (κ2) is 6.10. The van der Waals surface area contributed by atoms with Gasteiger partial charge in [-0.3, -0.25) is 4.79 Å². The Bertz CT molecular complexity index is 428. The molecule has 0 aromatic heterocycles. The number of phenolic OH excluding ortho intramolecular Hbond substituents is 1. The van der Waals surface area contributed by atoms with E-state index in [2.05, 4.69) is 5.32 Å². The Balaban J connectivity index is 1.85. The van der Waals surface area contributed by atoms with Gasteiger partial charge in [-0.05, 0) is 30.5 Å². The van der Waals surface area contributed by atoms with Crippen molar-refractivity contribution in [2.24, 2.45) is 5.92 Å². The van der Waals surface area contributed by atoms with Gasteiger partial charge in [-0.2, -0.15) is 0 Å². The standard InChI is InChI=1S/C14H18ClNO2/c15-13-6-5-11(17)9-12(13)14(18)16-8-7-10-3-1-2-4-10/h5-6,9-10,17H,1-4,7-8H2,(H,16,18). The average Bonchev–Trinajstić information content (AvgIpc) is 2.85. The Morgan fingerprint density at radius 1 is 1.39 bits per heavy atom. The van der Waals surface area contributed by atoms with Crippen LogP contribution in [0.4, 0.5) is 0 Å². The number of carbonyl (C=O) groups is 1. The molecule has 0 spiro atoms. The molecule has 0 heterocycles. The van der Waals surface area contributed by atoms with E-state index in [1.165, 1.54) is 43.9 Å². The van der Waals surface area contributed by atoms with E-state index in [0.29, 0.717) is 17.1 Å². The van der Waals surface area contributed by atoms with Crippen LogP contribution in [0.2, 0.25) is 5.02 Å². The van der Waals surface area contributed by atoms with Gasteiger partial charge in [0.1, 0.15) is 5.75 Å². The summed E-state index contributed by atoms with van der Waals surface area (Å²) in [5.41, 5.74) is 0.336. The number of halogens is 1. The van der Waals surface area contributed by atoms with Gasteiger partial charge in [-0.15, -0.1) is 0 Å². The summed E-state index contributed by atoms with van der Waals surface area (Å²) in [6.07, 6.45) is 6.22. The summed E-state index contributed by atoms with van der Waals surface area (Å²) in [7, 11) is 0. The van der Waals surface area contributed by atoms with Gasteiger partial charge in [0, 0.05) is 6.54 Å². The second-order valence-electron chi connectivity index (χ2n) is 4.86. The lowest BCUT2D eigenvalue weighted by atomic mass is 10.0. The second-order valence-corrected chi connectivity index (χ2v) is 5.27. The van der Waals surface area contributed by atoms with Crippen molar-refractivity contribution < 1.29 is 9.90 Å². The largest absolute Gasteiger partial charge is 0.508 e. The minimum absolute atomic E-state index is 0.0559. The predicted octanol–water partition coefficient (Wildman–Crippen LogP) is 3.36. The fraction of sp³-hybridized carbons (Fsp3) is 0.500. The van der Waals surface area contributed by atoms with E-state index in [-0.39, 0.29) is 11.7 Å². The monoisotopic (exact) mass is 267 g/mol. The van der Waals surface area contributed by atoms with Gasteiger partial charge in [0.15, 0.2) is 0 Å². The molecule has 0 saturated heterocycles. The first kappa shape index (κ1) is 13.2. The predicted molar refractivity (Wildman–Crippen MR) is 72.0 cm³/mol. The van der Waals surface area contributed by atoms with Crippen LogP contribution in [-0.2, 0) is 0 Å². The van der Waals surface area contributed by atoms with Crippen molar-refractivity contribution >= 4 is 17.5 Å². The third-order valence-electron chi connectivity index (χ3n) is 3.51. The van der Waals surface area contributed by atoms with Crippen molar-refractivity contribution in [3.63, 3.8) is 0 Å². The fourth-order valence-corrected chi connectivity index (χ4v) is 2.67. The van der Waals surface area contributed by atoms with Gasteiger partial charge in [0.2, 0.25) is 0 Å². The number of aromatic hydroxyl groups is 1. The lowest BCUT2D eigenvalue weighted by Crippen LogP contribution is -2.25. The first-order valence-electron chi connectivity index (χ1n) is 6.43. The smallest absolute Gasteiger partial charge is 0.252 e. The van der Waals surface area contributed by atoms with E-state index < -0.39 is 0 Å². The highest BCUT2D eigenvalue weighted by Gasteiger charge is 2.16. The Morgan fingerprint density at radius 2 is 2.11 bits per heavy atom. The molecule has 1 saturated carbocycles. The van der Waals surface area contributed by atoms with Crippen molar-refractivity contribution in [2.45, 2.75) is 32.1 Å². The molecule has 0 radical (unpaired) electrons. The zero-order valence-electron chi connectivity index (χ0n) is 10.3. The highest BCUT2D eigenvalue weighted by atomic mass is 35.5. The van der Waals surface area contributed by atoms with Gasteiger partial charge >= 0.3 is 0 Å². The molecule has 2 rings (SSSR count). The molecule has 18 heavy (non-hydrogen) atoms. The van der Waals surface area contributed by atoms with Crippen LogP contribution in [0.15, 0.2) is 18.2 Å². The first-order chi connectivity index (χ1) is 8.66. The van der Waals surface area contributed by atoms with E-state index >= 15 is 0 Å². The fourth-order valence-electron chi connectivity index (χ4n) is 2.47. The van der Waals surface area contributed by atoms with Gasteiger partial charge < -0.3 is 10.4 Å². The summed E-state index contributed by atoms with van der Waals surface area (Å²) >= 11 is 5.93. The molecule has 98 valence electrons. The van der Waals surface area contributed by atoms with Crippen molar-refractivity contribution in [1.29, 1.82) is 0 Å². The number of rotatable bonds is 4. The summed E-state index contributed by atoms with van der Waals surface area (Å²) in [5.74, 6) is 0.596. The summed E-state index contributed by atoms with van der Waals surface area (Å²) in [5, 5.41) is 12.6. The van der Waals surface area contributed by atoms with E-state index in [1.54, 1.807) is 0 Å². The lowest BCUT2D eigenvalue weighted by Gasteiger charge is -2.10. The molecule has 4 heteroatoms. The first-order valence-corrected chi connectivity index (χ1v) is 6.81. The normalized spacial score (nSPS) is 15.8. The zero-order valence-corrected chi connectivity index (χ0v) is 11.0. The molecule has 1 aliphatic carbocycles. The molecule has 0 bridgehead atoms. The molecule has 0 aliphatic heterocycles. The number of amides is 1. The molecule has 0 unspecified atom stereocenters. The summed E-state index contributed by atoms with van der Waals surface area (Å²) in [4.78, 5) is 11.9. The van der Waals surface area contributed by atoms with Gasteiger partial charge in [0.25, 0.3) is 5.91 Å². The molecule has 2 N–H and O–H groups in total. The maximum absolute atomic E-state index is 11.9. The van der Waals surface area contributed by atoms with Crippen molar-refractivity contribution in [3.8, 4) is 5.75 Å². The molecular formula is C14H18ClNO2. The quantitative estimate of drug-likeness (QED) is 0.879. The summed E-state index contributed by atoms with van der Waals surface area (Å²) in [6, 6.07) is 4.40. The molecule has 3 nitrogen and oxygen atoms in total. The number of hydrogen-bond acceptors (Lipinski definition) is 2. The van der Waals surface area contributed by atoms with Crippen LogP contribution in [0.25, 0.3) is 0 Å². The number of nitrogens with one attached hydrogen (secondary N) is 1. The number of hydrogen-bond donors (Lipinski definition) is 2. The molecule has 1 fully saturated rings. The summed E-state index contributed by atoms with van der Waals surface area (Å²) in [6.45, 7) is 0.676. The van der Waals surface area contributed by atoms with Crippen molar-refractivity contribution in [1.82, 2.24) is 5.32 Å². The number of phenols is 1. The van der Waals surface area contributed by atoms with Crippen LogP contribution < -0.4 is 5.32 Å². The lowest BCUT2D eigenvalue weighted by molar-refractivity contribution is 0.0951. The van der Waals surface area contributed by atoms with Gasteiger partial charge in [-0.1, -0.05) is 37.3 Å². The average molecular weight is 268 g/mol. The zero-order chi connectivity index (χ0) is 13.0. The molecule has 0 atom stereocenters. The molecule has 1 amide bonds. The highest BCUT2D eigenvalue weighted by molar-refractivity contribution is 6.33. The Labute approximate surface area is 112 Å². The van der Waals surface area contributed by atoms with Gasteiger partial charge in [-0.25, -0.2) is 0 Å². The number of benzene rings is 1. The van der Waals surface area contributed by atoms with Crippen LogP contribution in [0.5, 0.6) is 5.75 Å². The number of carbonyl (C=O) groups excluding carboxylic acids is 1. The van der Waals surface area contributed by atoms with Crippen LogP contribution in [0.1, 0.15) is 42.5 Å². The van der Waals surface area contributed by atoms with Crippen LogP contribution in [-0.4, -0.2) is 17.6 Å². The SMILES string of the molecule is O=C(NCCC1CCCC1)c1cc(O)ccc1Cl. The third-order valence-corrected chi connectivity index (χ3v) is 3.84. The summed E-state index contributed by atoms with van der Waals surface area (Å²) < 4.78 is 0. The van der Waals surface area contributed by atoms with Crippen LogP contribution in [0, 0.1) is 5.92 Å². The topological polar surface area (TPSA) is 49.3 Å². The maximum Gasteiger partial charge on any atom is 0.252 e. The van der Waals surface area contributed by atoms with E-state index in [9.17, 15) is 9.90 Å². The maximum atomic E-state index is 11.9. The van der Waals surface area contributed by atoms with Crippen LogP contribution in [0.3, 0.4) is 0 Å². The minimum Gasteiger partial charge on any atom is -0.508 e. The molecule has 1 aromatic carbocycles. The Morgan fingerprint density at radius 3 is 2.83 bits per heavy atom. The molecule has 1 aromatic rings. The third kappa shape index (κ3) is 3.39.